The van der Waals surface area contributed by atoms with E-state index in [2.05, 4.69) is 17.9 Å². The van der Waals surface area contributed by atoms with Crippen LogP contribution < -0.4 is 0 Å². The summed E-state index contributed by atoms with van der Waals surface area (Å²) in [6.45, 7) is 7.83. The van der Waals surface area contributed by atoms with Gasteiger partial charge in [0.15, 0.2) is 0 Å². The van der Waals surface area contributed by atoms with Gasteiger partial charge in [-0.1, -0.05) is 18.1 Å². The van der Waals surface area contributed by atoms with E-state index in [1.807, 2.05) is 6.92 Å². The number of halogens is 1. The summed E-state index contributed by atoms with van der Waals surface area (Å²) < 4.78 is 0. The van der Waals surface area contributed by atoms with Crippen LogP contribution in [-0.2, 0) is 0 Å². The van der Waals surface area contributed by atoms with Gasteiger partial charge in [-0.3, -0.25) is 4.90 Å². The molecule has 0 aliphatic carbocycles. The molecule has 1 saturated heterocycles. The Kier molecular flexibility index (Phi) is 4.82. The summed E-state index contributed by atoms with van der Waals surface area (Å²) in [5.41, 5.74) is 1.41. The molecule has 1 fully saturated rings. The molecule has 2 heteroatoms. The number of hydrogen-bond donors (Lipinski definition) is 0. The van der Waals surface area contributed by atoms with E-state index in [9.17, 15) is 0 Å². The summed E-state index contributed by atoms with van der Waals surface area (Å²) in [4.78, 5) is 2.52. The molecule has 76 valence electrons. The first-order valence-electron chi connectivity index (χ1n) is 5.22. The van der Waals surface area contributed by atoms with Crippen LogP contribution in [0.25, 0.3) is 0 Å². The van der Waals surface area contributed by atoms with Crippen LogP contribution >= 0.6 is 11.6 Å². The van der Waals surface area contributed by atoms with E-state index < -0.39 is 0 Å². The van der Waals surface area contributed by atoms with Gasteiger partial charge in [0, 0.05) is 11.9 Å². The number of allylic oxidation sites excluding steroid dienone is 1. The molecule has 0 aromatic heterocycles. The highest BCUT2D eigenvalue weighted by Gasteiger charge is 2.09. The maximum atomic E-state index is 5.90. The highest BCUT2D eigenvalue weighted by Crippen LogP contribution is 2.11. The third-order valence-corrected chi connectivity index (χ3v) is 2.56. The zero-order valence-electron chi connectivity index (χ0n) is 8.72. The molecular formula is C11H20ClN. The maximum absolute atomic E-state index is 5.90. The third kappa shape index (κ3) is 4.68. The molecule has 0 bridgehead atoms. The van der Waals surface area contributed by atoms with E-state index in [-0.39, 0.29) is 5.38 Å². The van der Waals surface area contributed by atoms with Crippen molar-refractivity contribution < 1.29 is 0 Å². The molecular weight excluding hydrogens is 182 g/mol. The Bertz CT molecular complexity index is 169. The molecule has 0 spiro atoms. The fraction of sp³-hybridized carbons (Fsp3) is 0.818. The Morgan fingerprint density at radius 3 is 2.54 bits per heavy atom. The zero-order valence-corrected chi connectivity index (χ0v) is 9.48. The summed E-state index contributed by atoms with van der Waals surface area (Å²) in [6.07, 6.45) is 6.29. The molecule has 1 heterocycles. The van der Waals surface area contributed by atoms with Crippen LogP contribution in [0.2, 0.25) is 0 Å². The first-order chi connectivity index (χ1) is 6.18. The third-order valence-electron chi connectivity index (χ3n) is 2.44. The van der Waals surface area contributed by atoms with Crippen LogP contribution in [0.5, 0.6) is 0 Å². The van der Waals surface area contributed by atoms with Crippen molar-refractivity contribution in [2.45, 2.75) is 38.5 Å². The maximum Gasteiger partial charge on any atom is 0.0490 e. The monoisotopic (exact) mass is 201 g/mol. The van der Waals surface area contributed by atoms with E-state index in [0.717, 1.165) is 6.54 Å². The van der Waals surface area contributed by atoms with Crippen molar-refractivity contribution in [3.05, 3.63) is 11.6 Å². The van der Waals surface area contributed by atoms with E-state index in [0.29, 0.717) is 0 Å². The Morgan fingerprint density at radius 1 is 1.38 bits per heavy atom. The molecule has 1 nitrogen and oxygen atoms in total. The molecule has 1 aliphatic rings. The lowest BCUT2D eigenvalue weighted by molar-refractivity contribution is 0.246. The SMILES string of the molecule is C/C(=C\C(C)Cl)CN1CCCCC1. The van der Waals surface area contributed by atoms with Gasteiger partial charge in [-0.2, -0.15) is 0 Å². The van der Waals surface area contributed by atoms with Gasteiger partial charge >= 0.3 is 0 Å². The number of piperidine rings is 1. The molecule has 0 saturated carbocycles. The summed E-state index contributed by atoms with van der Waals surface area (Å²) in [5, 5.41) is 0.171. The van der Waals surface area contributed by atoms with Crippen molar-refractivity contribution in [1.82, 2.24) is 4.90 Å². The molecule has 0 N–H and O–H groups in total. The summed E-state index contributed by atoms with van der Waals surface area (Å²) in [6, 6.07) is 0. The van der Waals surface area contributed by atoms with Crippen molar-refractivity contribution in [2.24, 2.45) is 0 Å². The van der Waals surface area contributed by atoms with E-state index in [1.54, 1.807) is 0 Å². The first-order valence-corrected chi connectivity index (χ1v) is 5.66. The molecule has 1 atom stereocenters. The van der Waals surface area contributed by atoms with E-state index in [1.165, 1.54) is 37.9 Å². The van der Waals surface area contributed by atoms with Crippen LogP contribution in [0.3, 0.4) is 0 Å². The molecule has 13 heavy (non-hydrogen) atoms. The Morgan fingerprint density at radius 2 is 2.00 bits per heavy atom. The number of nitrogens with zero attached hydrogens (tertiary/aromatic N) is 1. The topological polar surface area (TPSA) is 3.24 Å². The van der Waals surface area contributed by atoms with Gasteiger partial charge in [-0.15, -0.1) is 11.6 Å². The van der Waals surface area contributed by atoms with Crippen LogP contribution in [0.1, 0.15) is 33.1 Å². The fourth-order valence-electron chi connectivity index (χ4n) is 1.91. The summed E-state index contributed by atoms with van der Waals surface area (Å²) >= 11 is 5.90. The largest absolute Gasteiger partial charge is 0.299 e. The number of rotatable bonds is 3. The fourth-order valence-corrected chi connectivity index (χ4v) is 2.13. The number of alkyl halides is 1. The number of likely N-dealkylation sites (tertiary alicyclic amines) is 1. The van der Waals surface area contributed by atoms with Crippen LogP contribution in [-0.4, -0.2) is 29.9 Å². The van der Waals surface area contributed by atoms with Crippen molar-refractivity contribution in [1.29, 1.82) is 0 Å². The lowest BCUT2D eigenvalue weighted by atomic mass is 10.1. The average molecular weight is 202 g/mol. The normalized spacial score (nSPS) is 23.2. The van der Waals surface area contributed by atoms with Gasteiger partial charge in [-0.05, 0) is 39.8 Å². The van der Waals surface area contributed by atoms with Gasteiger partial charge in [0.25, 0.3) is 0 Å². The average Bonchev–Trinajstić information content (AvgIpc) is 2.04. The predicted molar refractivity (Wildman–Crippen MR) is 59.4 cm³/mol. The van der Waals surface area contributed by atoms with Crippen molar-refractivity contribution in [3.8, 4) is 0 Å². The second-order valence-corrected chi connectivity index (χ2v) is 4.72. The standard InChI is InChI=1S/C11H20ClN/c1-10(8-11(2)12)9-13-6-4-3-5-7-13/h8,11H,3-7,9H2,1-2H3/b10-8+. The van der Waals surface area contributed by atoms with E-state index in [4.69, 9.17) is 11.6 Å². The minimum Gasteiger partial charge on any atom is -0.299 e. The lowest BCUT2D eigenvalue weighted by Crippen LogP contribution is -2.31. The second-order valence-electron chi connectivity index (χ2n) is 4.03. The first kappa shape index (κ1) is 11.1. The van der Waals surface area contributed by atoms with Gasteiger partial charge in [-0.25, -0.2) is 0 Å². The van der Waals surface area contributed by atoms with Crippen molar-refractivity contribution >= 4 is 11.6 Å². The number of hydrogen-bond acceptors (Lipinski definition) is 1. The Balaban J connectivity index is 2.29. The molecule has 0 aromatic rings. The molecule has 1 rings (SSSR count). The molecule has 0 amide bonds. The van der Waals surface area contributed by atoms with Crippen LogP contribution in [0.15, 0.2) is 11.6 Å². The molecule has 1 unspecified atom stereocenters. The smallest absolute Gasteiger partial charge is 0.0490 e. The molecule has 0 radical (unpaired) electrons. The highest BCUT2D eigenvalue weighted by atomic mass is 35.5. The minimum atomic E-state index is 0.171. The molecule has 0 aromatic carbocycles. The summed E-state index contributed by atoms with van der Waals surface area (Å²) in [7, 11) is 0. The molecule has 1 aliphatic heterocycles. The van der Waals surface area contributed by atoms with Gasteiger partial charge < -0.3 is 0 Å². The van der Waals surface area contributed by atoms with E-state index >= 15 is 0 Å². The summed E-state index contributed by atoms with van der Waals surface area (Å²) in [5.74, 6) is 0. The van der Waals surface area contributed by atoms with Crippen molar-refractivity contribution in [2.75, 3.05) is 19.6 Å². The zero-order chi connectivity index (χ0) is 9.68. The van der Waals surface area contributed by atoms with Gasteiger partial charge in [0.05, 0.1) is 0 Å². The predicted octanol–water partition coefficient (Wildman–Crippen LogP) is 3.05. The minimum absolute atomic E-state index is 0.171. The van der Waals surface area contributed by atoms with Gasteiger partial charge in [0.1, 0.15) is 0 Å². The quantitative estimate of drug-likeness (QED) is 0.501. The van der Waals surface area contributed by atoms with Crippen molar-refractivity contribution in [3.63, 3.8) is 0 Å². The van der Waals surface area contributed by atoms with Crippen LogP contribution in [0, 0.1) is 0 Å². The Labute approximate surface area is 86.8 Å². The highest BCUT2D eigenvalue weighted by molar-refractivity contribution is 6.21. The second kappa shape index (κ2) is 5.66. The van der Waals surface area contributed by atoms with Crippen LogP contribution in [0.4, 0.5) is 0 Å². The van der Waals surface area contributed by atoms with Gasteiger partial charge in [0.2, 0.25) is 0 Å². The lowest BCUT2D eigenvalue weighted by Gasteiger charge is -2.26. The Hall–Kier alpha value is -0.0100.